The zero-order valence-corrected chi connectivity index (χ0v) is 30.3. The van der Waals surface area contributed by atoms with Crippen LogP contribution in [0.15, 0.2) is 158 Å². The van der Waals surface area contributed by atoms with Gasteiger partial charge in [-0.3, -0.25) is 4.57 Å². The number of hydrogen-bond acceptors (Lipinski definition) is 2. The van der Waals surface area contributed by atoms with Crippen molar-refractivity contribution in [2.45, 2.75) is 19.3 Å². The normalized spacial score (nSPS) is 13.8. The van der Waals surface area contributed by atoms with Gasteiger partial charge in [-0.05, 0) is 45.5 Å². The minimum atomic E-state index is -0.358. The zero-order valence-electron chi connectivity index (χ0n) is 30.3. The van der Waals surface area contributed by atoms with E-state index in [1.807, 2.05) is 0 Å². The van der Waals surface area contributed by atoms with Crippen molar-refractivity contribution in [3.05, 3.63) is 169 Å². The Hall–Kier alpha value is -7.04. The van der Waals surface area contributed by atoms with Crippen molar-refractivity contribution in [3.8, 4) is 28.3 Å². The summed E-state index contributed by atoms with van der Waals surface area (Å²) < 4.78 is 4.93. The smallest absolute Gasteiger partial charge is 0.161 e. The average molecular weight is 701 g/mol. The van der Waals surface area contributed by atoms with Crippen LogP contribution >= 0.6 is 0 Å². The third-order valence-electron chi connectivity index (χ3n) is 12.6. The molecule has 0 N–H and O–H groups in total. The van der Waals surface area contributed by atoms with Crippen LogP contribution < -0.4 is 0 Å². The highest BCUT2D eigenvalue weighted by Gasteiger charge is 2.42. The summed E-state index contributed by atoms with van der Waals surface area (Å²) in [6, 6.07) is 57.6. The first-order chi connectivity index (χ1) is 27.1. The van der Waals surface area contributed by atoms with Gasteiger partial charge in [0.1, 0.15) is 5.82 Å². The molecule has 0 aliphatic heterocycles. The van der Waals surface area contributed by atoms with Crippen molar-refractivity contribution in [2.75, 3.05) is 0 Å². The Morgan fingerprint density at radius 2 is 1.09 bits per heavy atom. The van der Waals surface area contributed by atoms with Gasteiger partial charge in [0.2, 0.25) is 0 Å². The van der Waals surface area contributed by atoms with Crippen LogP contribution in [-0.4, -0.2) is 18.9 Å². The van der Waals surface area contributed by atoms with Crippen LogP contribution in [-0.2, 0) is 5.41 Å². The molecule has 55 heavy (non-hydrogen) atoms. The molecule has 0 bridgehead atoms. The van der Waals surface area contributed by atoms with E-state index < -0.39 is 0 Å². The number of aromatic nitrogens is 4. The van der Waals surface area contributed by atoms with Gasteiger partial charge in [-0.1, -0.05) is 153 Å². The molecule has 256 valence electrons. The van der Waals surface area contributed by atoms with E-state index in [0.717, 1.165) is 34.0 Å². The first-order valence-corrected chi connectivity index (χ1v) is 19.1. The largest absolute Gasteiger partial charge is 0.308 e. The van der Waals surface area contributed by atoms with Crippen LogP contribution in [0.1, 0.15) is 25.1 Å². The summed E-state index contributed by atoms with van der Waals surface area (Å²) >= 11 is 0. The summed E-state index contributed by atoms with van der Waals surface area (Å²) in [5.41, 5.74) is 11.4. The van der Waals surface area contributed by atoms with E-state index in [1.54, 1.807) is 0 Å². The Balaban J connectivity index is 1.22. The third-order valence-corrected chi connectivity index (χ3v) is 12.6. The molecule has 12 aromatic rings. The molecule has 0 unspecified atom stereocenters. The molecule has 0 atom stereocenters. The van der Waals surface area contributed by atoms with Gasteiger partial charge < -0.3 is 4.40 Å². The van der Waals surface area contributed by atoms with Gasteiger partial charge in [0.25, 0.3) is 0 Å². The van der Waals surface area contributed by atoms with Crippen molar-refractivity contribution < 1.29 is 0 Å². The second-order valence-electron chi connectivity index (χ2n) is 15.7. The molecule has 0 fully saturated rings. The van der Waals surface area contributed by atoms with Gasteiger partial charge in [0.05, 0.1) is 33.3 Å². The van der Waals surface area contributed by atoms with E-state index >= 15 is 0 Å². The minimum Gasteiger partial charge on any atom is -0.308 e. The highest BCUT2D eigenvalue weighted by Crippen LogP contribution is 2.54. The lowest BCUT2D eigenvalue weighted by Gasteiger charge is -2.23. The van der Waals surface area contributed by atoms with Crippen LogP contribution in [0.4, 0.5) is 0 Å². The highest BCUT2D eigenvalue weighted by atomic mass is 15.1. The molecule has 13 rings (SSSR count). The molecule has 0 saturated heterocycles. The second-order valence-corrected chi connectivity index (χ2v) is 15.7. The maximum atomic E-state index is 5.62. The molecule has 4 heteroatoms. The summed E-state index contributed by atoms with van der Waals surface area (Å²) in [4.78, 5) is 11.1. The molecule has 1 aliphatic carbocycles. The summed E-state index contributed by atoms with van der Waals surface area (Å²) in [5.74, 6) is 1.66. The molecule has 0 radical (unpaired) electrons. The average Bonchev–Trinajstić information content (AvgIpc) is 3.94. The van der Waals surface area contributed by atoms with E-state index in [-0.39, 0.29) is 5.41 Å². The fourth-order valence-corrected chi connectivity index (χ4v) is 10.3. The molecule has 8 aromatic carbocycles. The Morgan fingerprint density at radius 1 is 0.455 bits per heavy atom. The van der Waals surface area contributed by atoms with E-state index in [1.165, 1.54) is 87.1 Å². The van der Waals surface area contributed by atoms with Gasteiger partial charge in [0, 0.05) is 54.2 Å². The Morgan fingerprint density at radius 3 is 1.95 bits per heavy atom. The number of fused-ring (bicyclic) bond motifs is 17. The molecule has 4 heterocycles. The van der Waals surface area contributed by atoms with E-state index in [4.69, 9.17) is 9.97 Å². The number of nitrogens with zero attached hydrogens (tertiary/aromatic N) is 4. The van der Waals surface area contributed by atoms with Gasteiger partial charge in [0.15, 0.2) is 5.82 Å². The van der Waals surface area contributed by atoms with Crippen molar-refractivity contribution >= 4 is 81.4 Å². The monoisotopic (exact) mass is 700 g/mol. The summed E-state index contributed by atoms with van der Waals surface area (Å²) in [7, 11) is 0. The lowest BCUT2D eigenvalue weighted by Crippen LogP contribution is -2.18. The van der Waals surface area contributed by atoms with Crippen molar-refractivity contribution in [3.63, 3.8) is 0 Å². The number of para-hydroxylation sites is 3. The van der Waals surface area contributed by atoms with E-state index in [2.05, 4.69) is 181 Å². The maximum Gasteiger partial charge on any atom is 0.161 e. The van der Waals surface area contributed by atoms with Gasteiger partial charge in [-0.25, -0.2) is 9.97 Å². The molecular formula is C51H32N4. The maximum absolute atomic E-state index is 5.62. The summed E-state index contributed by atoms with van der Waals surface area (Å²) in [6.07, 6.45) is 0. The van der Waals surface area contributed by atoms with Crippen LogP contribution in [0.2, 0.25) is 0 Å². The quantitative estimate of drug-likeness (QED) is 0.180. The van der Waals surface area contributed by atoms with Crippen LogP contribution in [0, 0.1) is 0 Å². The molecule has 0 spiro atoms. The number of benzene rings is 8. The molecule has 0 amide bonds. The third kappa shape index (κ3) is 3.57. The fraction of sp³-hybridized carbons (Fsp3) is 0.0588. The summed E-state index contributed by atoms with van der Waals surface area (Å²) in [5, 5.41) is 12.6. The molecule has 1 aliphatic rings. The van der Waals surface area contributed by atoms with Crippen molar-refractivity contribution in [1.82, 2.24) is 18.9 Å². The van der Waals surface area contributed by atoms with Gasteiger partial charge in [-0.2, -0.15) is 0 Å². The van der Waals surface area contributed by atoms with Gasteiger partial charge >= 0.3 is 0 Å². The lowest BCUT2D eigenvalue weighted by atomic mass is 9.82. The summed E-state index contributed by atoms with van der Waals surface area (Å²) in [6.45, 7) is 4.67. The second kappa shape index (κ2) is 10.1. The highest BCUT2D eigenvalue weighted by molar-refractivity contribution is 6.31. The molecule has 0 saturated carbocycles. The number of rotatable bonds is 2. The first-order valence-electron chi connectivity index (χ1n) is 19.1. The predicted octanol–water partition coefficient (Wildman–Crippen LogP) is 13.0. The Labute approximate surface area is 315 Å². The predicted molar refractivity (Wildman–Crippen MR) is 229 cm³/mol. The van der Waals surface area contributed by atoms with Crippen LogP contribution in [0.25, 0.3) is 110 Å². The molecule has 4 aromatic heterocycles. The van der Waals surface area contributed by atoms with Crippen molar-refractivity contribution in [2.24, 2.45) is 0 Å². The van der Waals surface area contributed by atoms with E-state index in [0.29, 0.717) is 0 Å². The molecular weight excluding hydrogens is 669 g/mol. The zero-order chi connectivity index (χ0) is 36.2. The Bertz CT molecular complexity index is 3620. The molecule has 4 nitrogen and oxygen atoms in total. The lowest BCUT2D eigenvalue weighted by molar-refractivity contribution is 0.640. The minimum absolute atomic E-state index is 0.358. The fourth-order valence-electron chi connectivity index (χ4n) is 10.3. The van der Waals surface area contributed by atoms with Gasteiger partial charge in [-0.15, -0.1) is 0 Å². The SMILES string of the molecule is CC1(C)c2nc(-c3ccccc3)nc(-n3c4ccccc4c4ccc5c(ccc6c5c5cccc7c8ccccc8n6c75)c43)c2-c2ccc3ccccc3c21. The topological polar surface area (TPSA) is 35.1 Å². The number of hydrogen-bond donors (Lipinski definition) is 0. The standard InChI is InChI=1S/C51H32N4/c1-51(2)45-31-16-7-6-13-29(31)23-24-38(45)44-48(51)52-49(30-14-4-3-5-15-30)53-50(44)55-41-22-11-9-18-33(41)36-26-25-34-37(46(36)55)27-28-42-43(34)39-20-12-19-35-32-17-8-10-21-40(32)54(42)47(35)39/h3-28H,1-2H3. The van der Waals surface area contributed by atoms with Crippen molar-refractivity contribution in [1.29, 1.82) is 0 Å². The van der Waals surface area contributed by atoms with E-state index in [9.17, 15) is 0 Å². The Kier molecular flexibility index (Phi) is 5.42. The van der Waals surface area contributed by atoms with Crippen LogP contribution in [0.3, 0.4) is 0 Å². The first kappa shape index (κ1) is 29.4. The van der Waals surface area contributed by atoms with Crippen LogP contribution in [0.5, 0.6) is 0 Å².